The molecule has 2 N–H and O–H groups in total. The van der Waals surface area contributed by atoms with E-state index in [9.17, 15) is 19.5 Å². The van der Waals surface area contributed by atoms with Gasteiger partial charge in [-0.25, -0.2) is 4.79 Å². The van der Waals surface area contributed by atoms with Crippen LogP contribution in [-0.2, 0) is 22.6 Å². The van der Waals surface area contributed by atoms with Crippen LogP contribution in [0.15, 0.2) is 121 Å². The Balaban J connectivity index is 1.37. The first-order valence-electron chi connectivity index (χ1n) is 14.2. The van der Waals surface area contributed by atoms with Crippen LogP contribution in [0.25, 0.3) is 0 Å². The molecule has 0 bridgehead atoms. The van der Waals surface area contributed by atoms with E-state index in [1.165, 1.54) is 0 Å². The Bertz CT molecular complexity index is 1550. The maximum absolute atomic E-state index is 13.1. The molecule has 7 nitrogen and oxygen atoms in total. The van der Waals surface area contributed by atoms with Crippen LogP contribution in [0.5, 0.6) is 5.75 Å². The topological polar surface area (TPSA) is 95.9 Å². The average molecular weight is 577 g/mol. The first-order chi connectivity index (χ1) is 20.8. The quantitative estimate of drug-likeness (QED) is 0.133. The minimum Gasteiger partial charge on any atom is -0.492 e. The second-order valence-corrected chi connectivity index (χ2v) is 10.4. The SMILES string of the molecule is CC(C)=CC(=O)N(CCOc1ccc(C[C@H](Nc2ccccc2C(=O)c2ccccc2)C(=O)O)cc1)Cc1ccccc1. The van der Waals surface area contributed by atoms with Gasteiger partial charge in [0.25, 0.3) is 0 Å². The van der Waals surface area contributed by atoms with E-state index in [0.717, 1.165) is 16.7 Å². The number of amides is 1. The number of nitrogens with zero attached hydrogens (tertiary/aromatic N) is 1. The zero-order chi connectivity index (χ0) is 30.6. The van der Waals surface area contributed by atoms with Gasteiger partial charge in [0, 0.05) is 35.9 Å². The van der Waals surface area contributed by atoms with Crippen molar-refractivity contribution in [3.63, 3.8) is 0 Å². The van der Waals surface area contributed by atoms with Gasteiger partial charge >= 0.3 is 5.97 Å². The summed E-state index contributed by atoms with van der Waals surface area (Å²) in [5.41, 5.74) is 4.17. The number of ether oxygens (including phenoxy) is 1. The summed E-state index contributed by atoms with van der Waals surface area (Å²) in [6.45, 7) is 4.98. The van der Waals surface area contributed by atoms with Gasteiger partial charge in [0.2, 0.25) is 5.91 Å². The zero-order valence-corrected chi connectivity index (χ0v) is 24.4. The number of carboxylic acid groups (broad SMARTS) is 1. The predicted molar refractivity (Wildman–Crippen MR) is 168 cm³/mol. The highest BCUT2D eigenvalue weighted by Crippen LogP contribution is 2.22. The largest absolute Gasteiger partial charge is 0.492 e. The van der Waals surface area contributed by atoms with Crippen LogP contribution in [-0.4, -0.2) is 46.9 Å². The molecule has 1 atom stereocenters. The van der Waals surface area contributed by atoms with Crippen molar-refractivity contribution in [2.45, 2.75) is 32.9 Å². The number of aliphatic carboxylic acids is 1. The lowest BCUT2D eigenvalue weighted by Crippen LogP contribution is -2.33. The number of carbonyl (C=O) groups excluding carboxylic acids is 2. The van der Waals surface area contributed by atoms with E-state index in [1.54, 1.807) is 71.6 Å². The molecule has 4 rings (SSSR count). The van der Waals surface area contributed by atoms with Gasteiger partial charge in [-0.1, -0.05) is 90.5 Å². The molecule has 0 fully saturated rings. The first-order valence-corrected chi connectivity index (χ1v) is 14.2. The lowest BCUT2D eigenvalue weighted by Gasteiger charge is -2.22. The molecule has 4 aromatic rings. The molecule has 0 spiro atoms. The van der Waals surface area contributed by atoms with Gasteiger partial charge in [0.15, 0.2) is 5.78 Å². The number of anilines is 1. The van der Waals surface area contributed by atoms with E-state index in [2.05, 4.69) is 5.32 Å². The van der Waals surface area contributed by atoms with Crippen molar-refractivity contribution in [3.05, 3.63) is 143 Å². The molecule has 4 aromatic carbocycles. The van der Waals surface area contributed by atoms with Crippen molar-refractivity contribution in [1.82, 2.24) is 4.90 Å². The Labute approximate surface area is 252 Å². The normalized spacial score (nSPS) is 11.2. The number of carboxylic acids is 1. The molecular formula is C36H36N2O5. The maximum Gasteiger partial charge on any atom is 0.326 e. The summed E-state index contributed by atoms with van der Waals surface area (Å²) in [6.07, 6.45) is 1.83. The molecule has 1 amide bonds. The Hall–Kier alpha value is -5.17. The fraction of sp³-hybridized carbons (Fsp3) is 0.194. The number of nitrogens with one attached hydrogen (secondary N) is 1. The van der Waals surface area contributed by atoms with E-state index in [1.807, 2.05) is 62.4 Å². The third-order valence-corrected chi connectivity index (χ3v) is 6.77. The summed E-state index contributed by atoms with van der Waals surface area (Å²) in [4.78, 5) is 39.8. The van der Waals surface area contributed by atoms with Gasteiger partial charge in [-0.15, -0.1) is 0 Å². The van der Waals surface area contributed by atoms with Crippen molar-refractivity contribution in [2.75, 3.05) is 18.5 Å². The van der Waals surface area contributed by atoms with Crippen LogP contribution in [0.1, 0.15) is 40.9 Å². The number of hydrogen-bond acceptors (Lipinski definition) is 5. The van der Waals surface area contributed by atoms with Gasteiger partial charge in [-0.05, 0) is 49.2 Å². The molecular weight excluding hydrogens is 540 g/mol. The highest BCUT2D eigenvalue weighted by Gasteiger charge is 2.21. The second kappa shape index (κ2) is 15.2. The van der Waals surface area contributed by atoms with E-state index in [4.69, 9.17) is 4.74 Å². The van der Waals surface area contributed by atoms with Gasteiger partial charge in [-0.3, -0.25) is 9.59 Å². The van der Waals surface area contributed by atoms with Crippen molar-refractivity contribution in [2.24, 2.45) is 0 Å². The summed E-state index contributed by atoms with van der Waals surface area (Å²) >= 11 is 0. The molecule has 0 aromatic heterocycles. The van der Waals surface area contributed by atoms with Crippen molar-refractivity contribution in [1.29, 1.82) is 0 Å². The van der Waals surface area contributed by atoms with Crippen LogP contribution in [0.2, 0.25) is 0 Å². The summed E-state index contributed by atoms with van der Waals surface area (Å²) in [7, 11) is 0. The fourth-order valence-corrected chi connectivity index (χ4v) is 4.58. The van der Waals surface area contributed by atoms with Gasteiger partial charge < -0.3 is 20.1 Å². The van der Waals surface area contributed by atoms with Crippen molar-refractivity contribution < 1.29 is 24.2 Å². The molecule has 0 aliphatic rings. The predicted octanol–water partition coefficient (Wildman–Crippen LogP) is 6.40. The number of hydrogen-bond donors (Lipinski definition) is 2. The standard InChI is InChI=1S/C36H36N2O5/c1-26(2)23-34(39)38(25-28-11-5-3-6-12-28)21-22-43-30-19-17-27(18-20-30)24-33(36(41)42)37-32-16-10-9-15-31(32)35(40)29-13-7-4-8-14-29/h3-20,23,33,37H,21-22,24-25H2,1-2H3,(H,41,42)/t33-/m0/s1. The highest BCUT2D eigenvalue weighted by atomic mass is 16.5. The minimum atomic E-state index is -1.03. The summed E-state index contributed by atoms with van der Waals surface area (Å²) < 4.78 is 5.93. The number of benzene rings is 4. The Morgan fingerprint density at radius 2 is 1.44 bits per heavy atom. The van der Waals surface area contributed by atoms with Crippen LogP contribution in [0.4, 0.5) is 5.69 Å². The van der Waals surface area contributed by atoms with Gasteiger partial charge in [0.1, 0.15) is 18.4 Å². The number of ketones is 1. The average Bonchev–Trinajstić information content (AvgIpc) is 3.01. The first kappa shape index (κ1) is 30.8. The lowest BCUT2D eigenvalue weighted by molar-refractivity contribution is -0.137. The fourth-order valence-electron chi connectivity index (χ4n) is 4.58. The van der Waals surface area contributed by atoms with Crippen molar-refractivity contribution >= 4 is 23.3 Å². The monoisotopic (exact) mass is 576 g/mol. The highest BCUT2D eigenvalue weighted by molar-refractivity contribution is 6.12. The summed E-state index contributed by atoms with van der Waals surface area (Å²) in [5, 5.41) is 13.0. The van der Waals surface area contributed by atoms with E-state index in [0.29, 0.717) is 42.3 Å². The molecule has 220 valence electrons. The minimum absolute atomic E-state index is 0.0675. The molecule has 0 heterocycles. The molecule has 0 saturated carbocycles. The molecule has 0 radical (unpaired) electrons. The van der Waals surface area contributed by atoms with Gasteiger partial charge in [-0.2, -0.15) is 0 Å². The third-order valence-electron chi connectivity index (χ3n) is 6.77. The molecule has 43 heavy (non-hydrogen) atoms. The molecule has 0 aliphatic carbocycles. The molecule has 0 saturated heterocycles. The zero-order valence-electron chi connectivity index (χ0n) is 24.4. The van der Waals surface area contributed by atoms with E-state index < -0.39 is 12.0 Å². The third kappa shape index (κ3) is 9.16. The Kier molecular flexibility index (Phi) is 10.9. The van der Waals surface area contributed by atoms with E-state index in [-0.39, 0.29) is 18.1 Å². The molecule has 0 aliphatic heterocycles. The number of para-hydroxylation sites is 1. The molecule has 7 heteroatoms. The van der Waals surface area contributed by atoms with Crippen LogP contribution < -0.4 is 10.1 Å². The Morgan fingerprint density at radius 3 is 2.09 bits per heavy atom. The second-order valence-electron chi connectivity index (χ2n) is 10.4. The Morgan fingerprint density at radius 1 is 0.814 bits per heavy atom. The van der Waals surface area contributed by atoms with Gasteiger partial charge in [0.05, 0.1) is 6.54 Å². The summed E-state index contributed by atoms with van der Waals surface area (Å²) in [5.74, 6) is -0.653. The lowest BCUT2D eigenvalue weighted by atomic mass is 10.00. The van der Waals surface area contributed by atoms with Crippen LogP contribution >= 0.6 is 0 Å². The number of allylic oxidation sites excluding steroid dienone is 1. The van der Waals surface area contributed by atoms with Crippen LogP contribution in [0, 0.1) is 0 Å². The van der Waals surface area contributed by atoms with Crippen molar-refractivity contribution in [3.8, 4) is 5.75 Å². The number of carbonyl (C=O) groups is 3. The molecule has 0 unspecified atom stereocenters. The maximum atomic E-state index is 13.1. The summed E-state index contributed by atoms with van der Waals surface area (Å²) in [6, 6.07) is 31.9. The van der Waals surface area contributed by atoms with E-state index >= 15 is 0 Å². The smallest absolute Gasteiger partial charge is 0.326 e. The van der Waals surface area contributed by atoms with Crippen LogP contribution in [0.3, 0.4) is 0 Å². The number of rotatable bonds is 14.